The van der Waals surface area contributed by atoms with Gasteiger partial charge in [-0.2, -0.15) is 0 Å². The minimum absolute atomic E-state index is 0.00553. The van der Waals surface area contributed by atoms with Crippen LogP contribution in [0.25, 0.3) is 11.3 Å². The third-order valence-electron chi connectivity index (χ3n) is 6.61. The van der Waals surface area contributed by atoms with Gasteiger partial charge in [0.25, 0.3) is 0 Å². The molecule has 1 spiro atoms. The van der Waals surface area contributed by atoms with Crippen molar-refractivity contribution < 1.29 is 18.6 Å². The van der Waals surface area contributed by atoms with Gasteiger partial charge in [-0.3, -0.25) is 0 Å². The van der Waals surface area contributed by atoms with Crippen LogP contribution in [0.3, 0.4) is 0 Å². The Bertz CT molecular complexity index is 987. The lowest BCUT2D eigenvalue weighted by Crippen LogP contribution is -2.45. The molecule has 2 aliphatic heterocycles. The Balaban J connectivity index is 1.56. The summed E-state index contributed by atoms with van der Waals surface area (Å²) in [6.07, 6.45) is 2.34. The SMILES string of the molecule is COCOc1cc(C)ccc1-c1nnc(N[C@@H]2C[C@@H](F)CN(C)C2)c2c1C1(CC1)OCC2. The van der Waals surface area contributed by atoms with Crippen LogP contribution in [0.1, 0.15) is 36.0 Å². The number of aromatic nitrogens is 2. The number of rotatable bonds is 6. The largest absolute Gasteiger partial charge is 0.467 e. The predicted molar refractivity (Wildman–Crippen MR) is 120 cm³/mol. The number of alkyl halides is 1. The summed E-state index contributed by atoms with van der Waals surface area (Å²) >= 11 is 0. The van der Waals surface area contributed by atoms with Gasteiger partial charge < -0.3 is 24.4 Å². The van der Waals surface area contributed by atoms with Crippen molar-refractivity contribution in [2.75, 3.05) is 46.0 Å². The highest BCUT2D eigenvalue weighted by molar-refractivity contribution is 5.75. The number of nitrogens with one attached hydrogen (secondary N) is 1. The number of aryl methyl sites for hydroxylation is 1. The van der Waals surface area contributed by atoms with Crippen LogP contribution < -0.4 is 10.1 Å². The van der Waals surface area contributed by atoms with Crippen LogP contribution >= 0.6 is 0 Å². The molecule has 0 amide bonds. The number of halogens is 1. The van der Waals surface area contributed by atoms with Gasteiger partial charge in [-0.1, -0.05) is 6.07 Å². The van der Waals surface area contributed by atoms with Gasteiger partial charge >= 0.3 is 0 Å². The first-order valence-corrected chi connectivity index (χ1v) is 11.3. The van der Waals surface area contributed by atoms with Crippen molar-refractivity contribution >= 4 is 5.82 Å². The predicted octanol–water partition coefficient (Wildman–Crippen LogP) is 3.45. The van der Waals surface area contributed by atoms with E-state index in [1.165, 1.54) is 0 Å². The minimum Gasteiger partial charge on any atom is -0.467 e. The number of methoxy groups -OCH3 is 1. The second-order valence-electron chi connectivity index (χ2n) is 9.29. The summed E-state index contributed by atoms with van der Waals surface area (Å²) in [5.74, 6) is 1.48. The number of benzene rings is 1. The summed E-state index contributed by atoms with van der Waals surface area (Å²) < 4.78 is 31.4. The first kappa shape index (κ1) is 21.6. The molecule has 1 aromatic carbocycles. The number of anilines is 1. The summed E-state index contributed by atoms with van der Waals surface area (Å²) in [5, 5.41) is 12.8. The maximum Gasteiger partial charge on any atom is 0.188 e. The molecule has 3 aliphatic rings. The molecular weight excluding hydrogens is 411 g/mol. The molecular formula is C24H31FN4O3. The third-order valence-corrected chi connectivity index (χ3v) is 6.61. The van der Waals surface area contributed by atoms with Gasteiger partial charge in [0.2, 0.25) is 0 Å². The Hall–Kier alpha value is -2.29. The molecule has 5 rings (SSSR count). The molecule has 1 aliphatic carbocycles. The van der Waals surface area contributed by atoms with Crippen molar-refractivity contribution in [2.24, 2.45) is 0 Å². The Morgan fingerprint density at radius 3 is 2.88 bits per heavy atom. The molecule has 2 atom stereocenters. The number of piperidine rings is 1. The molecule has 1 N–H and O–H groups in total. The quantitative estimate of drug-likeness (QED) is 0.687. The zero-order valence-corrected chi connectivity index (χ0v) is 19.0. The van der Waals surface area contributed by atoms with Crippen molar-refractivity contribution in [1.29, 1.82) is 0 Å². The molecule has 8 heteroatoms. The van der Waals surface area contributed by atoms with Crippen LogP contribution in [0.4, 0.5) is 10.2 Å². The summed E-state index contributed by atoms with van der Waals surface area (Å²) in [4.78, 5) is 2.03. The highest BCUT2D eigenvalue weighted by Gasteiger charge is 2.52. The molecule has 7 nitrogen and oxygen atoms in total. The topological polar surface area (TPSA) is 68.7 Å². The van der Waals surface area contributed by atoms with E-state index in [9.17, 15) is 4.39 Å². The lowest BCUT2D eigenvalue weighted by atomic mass is 9.91. The maximum absolute atomic E-state index is 14.2. The Morgan fingerprint density at radius 1 is 1.28 bits per heavy atom. The van der Waals surface area contributed by atoms with Crippen molar-refractivity contribution in [3.8, 4) is 17.0 Å². The van der Waals surface area contributed by atoms with Crippen LogP contribution in [0.5, 0.6) is 5.75 Å². The van der Waals surface area contributed by atoms with Crippen molar-refractivity contribution in [2.45, 2.75) is 50.4 Å². The summed E-state index contributed by atoms with van der Waals surface area (Å²) in [6, 6.07) is 6.09. The van der Waals surface area contributed by atoms with Crippen molar-refractivity contribution in [1.82, 2.24) is 15.1 Å². The van der Waals surface area contributed by atoms with Crippen LogP contribution in [-0.2, 0) is 21.5 Å². The molecule has 0 bridgehead atoms. The van der Waals surface area contributed by atoms with E-state index in [4.69, 9.17) is 14.2 Å². The van der Waals surface area contributed by atoms with E-state index >= 15 is 0 Å². The summed E-state index contributed by atoms with van der Waals surface area (Å²) in [5.41, 5.74) is 4.73. The molecule has 172 valence electrons. The van der Waals surface area contributed by atoms with E-state index in [0.717, 1.165) is 65.3 Å². The van der Waals surface area contributed by atoms with Gasteiger partial charge in [-0.15, -0.1) is 10.2 Å². The normalized spacial score (nSPS) is 24.2. The molecule has 1 saturated heterocycles. The number of ether oxygens (including phenoxy) is 3. The highest BCUT2D eigenvalue weighted by Crippen LogP contribution is 2.56. The van der Waals surface area contributed by atoms with E-state index in [2.05, 4.69) is 21.6 Å². The standard InChI is InChI=1S/C24H31FN4O3/c1-15-4-5-18(20(10-15)31-14-30-3)22-21-19(6-9-32-24(21)7-8-24)23(28-27-22)26-17-11-16(25)12-29(2)13-17/h4-5,10,16-17H,6-9,11-14H2,1-3H3,(H,26,28)/t16-,17-/m1/s1. The van der Waals surface area contributed by atoms with E-state index in [1.807, 2.05) is 31.0 Å². The second-order valence-corrected chi connectivity index (χ2v) is 9.29. The van der Waals surface area contributed by atoms with Crippen LogP contribution in [0, 0.1) is 6.92 Å². The van der Waals surface area contributed by atoms with Gasteiger partial charge in [0, 0.05) is 49.4 Å². The average Bonchev–Trinajstić information content (AvgIpc) is 3.52. The third kappa shape index (κ3) is 4.07. The first-order chi connectivity index (χ1) is 15.5. The van der Waals surface area contributed by atoms with Crippen molar-refractivity contribution in [3.63, 3.8) is 0 Å². The highest BCUT2D eigenvalue weighted by atomic mass is 19.1. The van der Waals surface area contributed by atoms with Gasteiger partial charge in [0.1, 0.15) is 17.6 Å². The first-order valence-electron chi connectivity index (χ1n) is 11.3. The zero-order valence-electron chi connectivity index (χ0n) is 19.0. The van der Waals surface area contributed by atoms with Crippen LogP contribution in [0.2, 0.25) is 0 Å². The average molecular weight is 443 g/mol. The van der Waals surface area contributed by atoms with Gasteiger partial charge in [-0.05, 0) is 50.9 Å². The Morgan fingerprint density at radius 2 is 2.12 bits per heavy atom. The lowest BCUT2D eigenvalue weighted by molar-refractivity contribution is 0.0199. The van der Waals surface area contributed by atoms with Gasteiger partial charge in [0.15, 0.2) is 12.6 Å². The lowest BCUT2D eigenvalue weighted by Gasteiger charge is -2.34. The monoisotopic (exact) mass is 442 g/mol. The number of hydrogen-bond donors (Lipinski definition) is 1. The summed E-state index contributed by atoms with van der Waals surface area (Å²) in [6.45, 7) is 4.11. The van der Waals surface area contributed by atoms with Crippen LogP contribution in [-0.4, -0.2) is 68.0 Å². The molecule has 3 heterocycles. The van der Waals surface area contributed by atoms with Crippen molar-refractivity contribution in [3.05, 3.63) is 34.9 Å². The van der Waals surface area contributed by atoms with E-state index < -0.39 is 6.17 Å². The minimum atomic E-state index is -0.833. The maximum atomic E-state index is 14.2. The number of fused-ring (bicyclic) bond motifs is 2. The van der Waals surface area contributed by atoms with Gasteiger partial charge in [-0.25, -0.2) is 4.39 Å². The molecule has 1 aromatic heterocycles. The van der Waals surface area contributed by atoms with E-state index in [0.29, 0.717) is 19.6 Å². The second kappa shape index (κ2) is 8.57. The fourth-order valence-electron chi connectivity index (χ4n) is 5.05. The molecule has 0 unspecified atom stereocenters. The smallest absolute Gasteiger partial charge is 0.188 e. The number of likely N-dealkylation sites (tertiary alicyclic amines) is 1. The fourth-order valence-corrected chi connectivity index (χ4v) is 5.05. The molecule has 1 saturated carbocycles. The summed E-state index contributed by atoms with van der Waals surface area (Å²) in [7, 11) is 3.56. The molecule has 32 heavy (non-hydrogen) atoms. The number of likely N-dealkylation sites (N-methyl/N-ethyl adjacent to an activating group) is 1. The molecule has 0 radical (unpaired) electrons. The Kier molecular flexibility index (Phi) is 5.77. The Labute approximate surface area is 188 Å². The molecule has 2 fully saturated rings. The van der Waals surface area contributed by atoms with Crippen LogP contribution in [0.15, 0.2) is 18.2 Å². The molecule has 2 aromatic rings. The number of hydrogen-bond acceptors (Lipinski definition) is 7. The fraction of sp³-hybridized carbons (Fsp3) is 0.583. The van der Waals surface area contributed by atoms with E-state index in [-0.39, 0.29) is 18.4 Å². The number of nitrogens with zero attached hydrogens (tertiary/aromatic N) is 3. The van der Waals surface area contributed by atoms with Gasteiger partial charge in [0.05, 0.1) is 12.2 Å². The van der Waals surface area contributed by atoms with E-state index in [1.54, 1.807) is 7.11 Å². The zero-order chi connectivity index (χ0) is 22.3.